The van der Waals surface area contributed by atoms with Gasteiger partial charge in [0.25, 0.3) is 0 Å². The average molecular weight is 405 g/mol. The lowest BCUT2D eigenvalue weighted by Gasteiger charge is -2.32. The fourth-order valence-electron chi connectivity index (χ4n) is 4.59. The van der Waals surface area contributed by atoms with E-state index in [2.05, 4.69) is 29.0 Å². The summed E-state index contributed by atoms with van der Waals surface area (Å²) in [6.07, 6.45) is 7.08. The molecular weight excluding hydrogens is 376 g/mol. The van der Waals surface area contributed by atoms with E-state index in [1.54, 1.807) is 17.7 Å². The molecule has 0 spiro atoms. The molecule has 2 atom stereocenters. The fourth-order valence-corrected chi connectivity index (χ4v) is 5.82. The summed E-state index contributed by atoms with van der Waals surface area (Å²) in [5, 5.41) is 11.0. The SMILES string of the molecule is CN(C)C1CCC(Oc2ncnc3sc4c(c23)C(CC(O)C(N)=O)CC4)CC1. The molecule has 2 aromatic rings. The first-order chi connectivity index (χ1) is 13.4. The number of ether oxygens (including phenoxy) is 1. The first kappa shape index (κ1) is 19.5. The average Bonchev–Trinajstić information content (AvgIpc) is 3.22. The van der Waals surface area contributed by atoms with E-state index in [1.807, 2.05) is 0 Å². The molecule has 2 aromatic heterocycles. The van der Waals surface area contributed by atoms with Gasteiger partial charge in [0.15, 0.2) is 0 Å². The van der Waals surface area contributed by atoms with Crippen LogP contribution in [0.25, 0.3) is 10.2 Å². The van der Waals surface area contributed by atoms with Crippen LogP contribution in [0, 0.1) is 0 Å². The quantitative estimate of drug-likeness (QED) is 0.765. The smallest absolute Gasteiger partial charge is 0.246 e. The molecule has 0 aliphatic heterocycles. The minimum absolute atomic E-state index is 0.0871. The second-order valence-electron chi connectivity index (χ2n) is 8.20. The summed E-state index contributed by atoms with van der Waals surface area (Å²) in [4.78, 5) is 24.7. The van der Waals surface area contributed by atoms with Gasteiger partial charge in [0, 0.05) is 10.9 Å². The van der Waals surface area contributed by atoms with Gasteiger partial charge in [-0.25, -0.2) is 9.97 Å². The Kier molecular flexibility index (Phi) is 5.53. The second kappa shape index (κ2) is 7.93. The van der Waals surface area contributed by atoms with Crippen LogP contribution in [-0.4, -0.2) is 58.2 Å². The molecule has 1 fully saturated rings. The third-order valence-electron chi connectivity index (χ3n) is 6.18. The van der Waals surface area contributed by atoms with Gasteiger partial charge in [-0.15, -0.1) is 11.3 Å². The Labute approximate surface area is 168 Å². The molecule has 1 amide bonds. The lowest BCUT2D eigenvalue weighted by Crippen LogP contribution is -2.35. The van der Waals surface area contributed by atoms with E-state index in [9.17, 15) is 9.90 Å². The Morgan fingerprint density at radius 1 is 1.32 bits per heavy atom. The molecule has 7 nitrogen and oxygen atoms in total. The fraction of sp³-hybridized carbons (Fsp3) is 0.650. The summed E-state index contributed by atoms with van der Waals surface area (Å²) in [5.74, 6) is 0.0682. The molecular formula is C20H28N4O3S. The molecule has 0 radical (unpaired) electrons. The van der Waals surface area contributed by atoms with Crippen LogP contribution in [0.5, 0.6) is 5.88 Å². The zero-order valence-corrected chi connectivity index (χ0v) is 17.2. The number of primary amides is 1. The van der Waals surface area contributed by atoms with E-state index in [4.69, 9.17) is 10.5 Å². The maximum atomic E-state index is 11.3. The van der Waals surface area contributed by atoms with Gasteiger partial charge in [-0.05, 0) is 70.5 Å². The minimum Gasteiger partial charge on any atom is -0.474 e. The number of fused-ring (bicyclic) bond motifs is 3. The maximum Gasteiger partial charge on any atom is 0.246 e. The van der Waals surface area contributed by atoms with Crippen LogP contribution in [0.1, 0.15) is 54.9 Å². The molecule has 1 saturated carbocycles. The molecule has 2 aliphatic carbocycles. The summed E-state index contributed by atoms with van der Waals surface area (Å²) >= 11 is 1.67. The van der Waals surface area contributed by atoms with Crippen molar-refractivity contribution in [2.24, 2.45) is 5.73 Å². The van der Waals surface area contributed by atoms with Crippen LogP contribution in [0.4, 0.5) is 0 Å². The number of nitrogens with two attached hydrogens (primary N) is 1. The Balaban J connectivity index is 1.58. The Hall–Kier alpha value is -1.77. The van der Waals surface area contributed by atoms with Crippen molar-refractivity contribution >= 4 is 27.5 Å². The third-order valence-corrected chi connectivity index (χ3v) is 7.36. The topological polar surface area (TPSA) is 102 Å². The largest absolute Gasteiger partial charge is 0.474 e. The van der Waals surface area contributed by atoms with Crippen molar-refractivity contribution in [3.63, 3.8) is 0 Å². The summed E-state index contributed by atoms with van der Waals surface area (Å²) in [6, 6.07) is 0.621. The number of hydrogen-bond donors (Lipinski definition) is 2. The Morgan fingerprint density at radius 2 is 2.07 bits per heavy atom. The highest BCUT2D eigenvalue weighted by Gasteiger charge is 2.33. The highest BCUT2D eigenvalue weighted by molar-refractivity contribution is 7.19. The molecule has 0 saturated heterocycles. The number of thiophene rings is 1. The van der Waals surface area contributed by atoms with Crippen molar-refractivity contribution in [1.29, 1.82) is 0 Å². The molecule has 2 unspecified atom stereocenters. The molecule has 2 heterocycles. The van der Waals surface area contributed by atoms with Crippen LogP contribution < -0.4 is 10.5 Å². The van der Waals surface area contributed by atoms with Crippen LogP contribution in [-0.2, 0) is 11.2 Å². The van der Waals surface area contributed by atoms with Gasteiger partial charge < -0.3 is 20.5 Å². The van der Waals surface area contributed by atoms with Gasteiger partial charge in [0.05, 0.1) is 5.39 Å². The third kappa shape index (κ3) is 3.73. The van der Waals surface area contributed by atoms with E-state index in [-0.39, 0.29) is 12.0 Å². The van der Waals surface area contributed by atoms with Crippen molar-refractivity contribution < 1.29 is 14.6 Å². The Bertz CT molecular complexity index is 860. The Morgan fingerprint density at radius 3 is 2.75 bits per heavy atom. The van der Waals surface area contributed by atoms with E-state index in [0.717, 1.165) is 54.3 Å². The molecule has 28 heavy (non-hydrogen) atoms. The van der Waals surface area contributed by atoms with Gasteiger partial charge in [-0.3, -0.25) is 4.79 Å². The van der Waals surface area contributed by atoms with Crippen molar-refractivity contribution in [1.82, 2.24) is 14.9 Å². The van der Waals surface area contributed by atoms with Gasteiger partial charge in [0.2, 0.25) is 11.8 Å². The van der Waals surface area contributed by atoms with E-state index in [0.29, 0.717) is 18.3 Å². The van der Waals surface area contributed by atoms with Crippen molar-refractivity contribution in [2.75, 3.05) is 14.1 Å². The normalized spacial score (nSPS) is 25.8. The van der Waals surface area contributed by atoms with Crippen molar-refractivity contribution in [2.45, 2.75) is 69.1 Å². The highest BCUT2D eigenvalue weighted by atomic mass is 32.1. The summed E-state index contributed by atoms with van der Waals surface area (Å²) in [6.45, 7) is 0. The molecule has 152 valence electrons. The first-order valence-electron chi connectivity index (χ1n) is 10.0. The highest BCUT2D eigenvalue weighted by Crippen LogP contribution is 2.47. The summed E-state index contributed by atoms with van der Waals surface area (Å²) in [5.41, 5.74) is 6.42. The number of carbonyl (C=O) groups excluding carboxylic acids is 1. The number of aliphatic hydroxyl groups excluding tert-OH is 1. The number of hydrogen-bond acceptors (Lipinski definition) is 7. The maximum absolute atomic E-state index is 11.3. The lowest BCUT2D eigenvalue weighted by molar-refractivity contribution is -0.126. The van der Waals surface area contributed by atoms with Crippen LogP contribution >= 0.6 is 11.3 Å². The number of aliphatic hydroxyl groups is 1. The summed E-state index contributed by atoms with van der Waals surface area (Å²) < 4.78 is 6.36. The number of aryl methyl sites for hydroxylation is 1. The van der Waals surface area contributed by atoms with Gasteiger partial charge >= 0.3 is 0 Å². The number of nitrogens with zero attached hydrogens (tertiary/aromatic N) is 3. The molecule has 3 N–H and O–H groups in total. The second-order valence-corrected chi connectivity index (χ2v) is 9.28. The van der Waals surface area contributed by atoms with Crippen LogP contribution in [0.15, 0.2) is 6.33 Å². The predicted octanol–water partition coefficient (Wildman–Crippen LogP) is 2.21. The van der Waals surface area contributed by atoms with Gasteiger partial charge in [0.1, 0.15) is 23.4 Å². The van der Waals surface area contributed by atoms with Crippen LogP contribution in [0.3, 0.4) is 0 Å². The molecule has 2 aliphatic rings. The standard InChI is InChI=1S/C20H28N4O3S/c1-24(2)12-4-6-13(7-5-12)27-19-17-16-11(9-14(25)18(21)26)3-8-15(16)28-20(17)23-10-22-19/h10-14,25H,3-9H2,1-2H3,(H2,21,26). The van der Waals surface area contributed by atoms with Gasteiger partial charge in [-0.2, -0.15) is 0 Å². The van der Waals surface area contributed by atoms with E-state index >= 15 is 0 Å². The number of amides is 1. The van der Waals surface area contributed by atoms with Crippen molar-refractivity contribution in [3.05, 3.63) is 16.8 Å². The van der Waals surface area contributed by atoms with E-state index < -0.39 is 12.0 Å². The molecule has 8 heteroatoms. The summed E-state index contributed by atoms with van der Waals surface area (Å²) in [7, 11) is 4.27. The van der Waals surface area contributed by atoms with Gasteiger partial charge in [-0.1, -0.05) is 0 Å². The first-order valence-corrected chi connectivity index (χ1v) is 10.8. The molecule has 0 bridgehead atoms. The van der Waals surface area contributed by atoms with Crippen LogP contribution in [0.2, 0.25) is 0 Å². The molecule has 4 rings (SSSR count). The van der Waals surface area contributed by atoms with Crippen molar-refractivity contribution in [3.8, 4) is 5.88 Å². The zero-order valence-electron chi connectivity index (χ0n) is 16.4. The molecule has 0 aromatic carbocycles. The number of carbonyl (C=O) groups is 1. The monoisotopic (exact) mass is 404 g/mol. The minimum atomic E-state index is -1.12. The number of aromatic nitrogens is 2. The van der Waals surface area contributed by atoms with E-state index in [1.165, 1.54) is 4.88 Å². The zero-order chi connectivity index (χ0) is 19.8. The predicted molar refractivity (Wildman–Crippen MR) is 109 cm³/mol. The number of rotatable bonds is 6. The lowest BCUT2D eigenvalue weighted by atomic mass is 9.92.